The van der Waals surface area contributed by atoms with Crippen LogP contribution in [-0.4, -0.2) is 55.6 Å². The van der Waals surface area contributed by atoms with Crippen molar-refractivity contribution in [1.29, 1.82) is 0 Å². The van der Waals surface area contributed by atoms with Gasteiger partial charge in [-0.05, 0) is 57.6 Å². The third kappa shape index (κ3) is 5.68. The first kappa shape index (κ1) is 21.5. The molecule has 1 aliphatic carbocycles. The van der Waals surface area contributed by atoms with Gasteiger partial charge in [-0.3, -0.25) is 0 Å². The number of nitrogens with zero attached hydrogens (tertiary/aromatic N) is 2. The Morgan fingerprint density at radius 1 is 1.21 bits per heavy atom. The molecule has 0 unspecified atom stereocenters. The summed E-state index contributed by atoms with van der Waals surface area (Å²) in [5.74, 6) is 0.748. The van der Waals surface area contributed by atoms with Crippen molar-refractivity contribution in [3.05, 3.63) is 17.0 Å². The predicted octanol–water partition coefficient (Wildman–Crippen LogP) is 2.28. The van der Waals surface area contributed by atoms with Crippen LogP contribution < -0.4 is 10.6 Å². The number of nitrogens with one attached hydrogen (secondary N) is 2. The molecular formula is C19H32N4O3S2. The van der Waals surface area contributed by atoms with Gasteiger partial charge in [0.25, 0.3) is 10.0 Å². The van der Waals surface area contributed by atoms with Crippen LogP contribution in [0.15, 0.2) is 21.3 Å². The Labute approximate surface area is 172 Å². The fraction of sp³-hybridized carbons (Fsp3) is 0.737. The fourth-order valence-electron chi connectivity index (χ4n) is 3.70. The monoisotopic (exact) mass is 428 g/mol. The Balaban J connectivity index is 1.61. The number of sulfonamides is 1. The molecule has 9 heteroatoms. The van der Waals surface area contributed by atoms with Gasteiger partial charge in [-0.25, -0.2) is 13.4 Å². The minimum Gasteiger partial charge on any atom is -0.393 e. The zero-order chi connectivity index (χ0) is 20.0. The van der Waals surface area contributed by atoms with Gasteiger partial charge in [-0.2, -0.15) is 4.31 Å². The number of rotatable bonds is 6. The van der Waals surface area contributed by atoms with Crippen LogP contribution in [0.3, 0.4) is 0 Å². The van der Waals surface area contributed by atoms with Crippen LogP contribution in [0.25, 0.3) is 0 Å². The van der Waals surface area contributed by atoms with Crippen LogP contribution >= 0.6 is 11.3 Å². The molecule has 1 aliphatic heterocycles. The van der Waals surface area contributed by atoms with E-state index in [2.05, 4.69) is 15.6 Å². The van der Waals surface area contributed by atoms with E-state index in [1.54, 1.807) is 10.4 Å². The number of guanidine groups is 1. The van der Waals surface area contributed by atoms with Crippen molar-refractivity contribution in [2.24, 2.45) is 4.99 Å². The van der Waals surface area contributed by atoms with Crippen molar-refractivity contribution in [2.45, 2.75) is 74.8 Å². The molecule has 3 N–H and O–H groups in total. The van der Waals surface area contributed by atoms with Gasteiger partial charge in [0.1, 0.15) is 4.21 Å². The average Bonchev–Trinajstić information content (AvgIpc) is 3.19. The molecule has 1 aromatic rings. The number of hydrogen-bond acceptors (Lipinski definition) is 5. The summed E-state index contributed by atoms with van der Waals surface area (Å²) in [7, 11) is -3.37. The number of piperidine rings is 1. The molecule has 7 nitrogen and oxygen atoms in total. The number of thiophene rings is 1. The minimum absolute atomic E-state index is 0.177. The summed E-state index contributed by atoms with van der Waals surface area (Å²) in [5.41, 5.74) is 0. The lowest BCUT2D eigenvalue weighted by atomic mass is 9.93. The first-order chi connectivity index (χ1) is 13.5. The van der Waals surface area contributed by atoms with Crippen molar-refractivity contribution in [3.8, 4) is 0 Å². The molecule has 0 spiro atoms. The molecule has 0 aromatic carbocycles. The van der Waals surface area contributed by atoms with Crippen molar-refractivity contribution < 1.29 is 13.5 Å². The summed E-state index contributed by atoms with van der Waals surface area (Å²) in [6.07, 6.45) is 6.32. The second-order valence-corrected chi connectivity index (χ2v) is 10.9. The van der Waals surface area contributed by atoms with Gasteiger partial charge in [0.2, 0.25) is 0 Å². The Bertz CT molecular complexity index is 749. The maximum Gasteiger partial charge on any atom is 0.252 e. The van der Waals surface area contributed by atoms with Crippen molar-refractivity contribution in [3.63, 3.8) is 0 Å². The van der Waals surface area contributed by atoms with E-state index >= 15 is 0 Å². The standard InChI is InChI=1S/C19H32N4O3S2/c1-2-20-19(22-15-6-8-16(24)9-7-15)21-14-17-10-11-18(27-17)28(25,26)23-12-4-3-5-13-23/h10-11,15-16,24H,2-9,12-14H2,1H3,(H2,20,21,22). The number of aliphatic hydroxyl groups is 1. The molecular weight excluding hydrogens is 396 g/mol. The van der Waals surface area contributed by atoms with Gasteiger partial charge in [-0.15, -0.1) is 11.3 Å². The predicted molar refractivity (Wildman–Crippen MR) is 113 cm³/mol. The van der Waals surface area contributed by atoms with E-state index in [0.717, 1.165) is 62.3 Å². The highest BCUT2D eigenvalue weighted by molar-refractivity contribution is 7.91. The summed E-state index contributed by atoms with van der Waals surface area (Å²) in [4.78, 5) is 5.58. The highest BCUT2D eigenvalue weighted by Crippen LogP contribution is 2.27. The minimum atomic E-state index is -3.37. The van der Waals surface area contributed by atoms with E-state index in [0.29, 0.717) is 29.9 Å². The van der Waals surface area contributed by atoms with Crippen molar-refractivity contribution in [2.75, 3.05) is 19.6 Å². The Morgan fingerprint density at radius 2 is 1.93 bits per heavy atom. The molecule has 0 amide bonds. The van der Waals surface area contributed by atoms with Gasteiger partial charge in [0.05, 0.1) is 12.6 Å². The van der Waals surface area contributed by atoms with Crippen LogP contribution in [0, 0.1) is 0 Å². The lowest BCUT2D eigenvalue weighted by Crippen LogP contribution is -2.45. The summed E-state index contributed by atoms with van der Waals surface area (Å²) in [6.45, 7) is 4.48. The van der Waals surface area contributed by atoms with Crippen LogP contribution in [0.2, 0.25) is 0 Å². The molecule has 0 radical (unpaired) electrons. The number of aliphatic hydroxyl groups excluding tert-OH is 1. The smallest absolute Gasteiger partial charge is 0.252 e. The average molecular weight is 429 g/mol. The maximum absolute atomic E-state index is 12.8. The fourth-order valence-corrected chi connectivity index (χ4v) is 6.66. The van der Waals surface area contributed by atoms with Gasteiger partial charge < -0.3 is 15.7 Å². The van der Waals surface area contributed by atoms with Gasteiger partial charge >= 0.3 is 0 Å². The van der Waals surface area contributed by atoms with Gasteiger partial charge in [0, 0.05) is 30.6 Å². The topological polar surface area (TPSA) is 94.0 Å². The zero-order valence-electron chi connectivity index (χ0n) is 16.6. The highest BCUT2D eigenvalue weighted by Gasteiger charge is 2.27. The van der Waals surface area contributed by atoms with Crippen LogP contribution in [0.5, 0.6) is 0 Å². The summed E-state index contributed by atoms with van der Waals surface area (Å²) >= 11 is 1.31. The van der Waals surface area contributed by atoms with E-state index in [-0.39, 0.29) is 6.10 Å². The second-order valence-electron chi connectivity index (χ2n) is 7.53. The molecule has 158 valence electrons. The number of hydrogen-bond donors (Lipinski definition) is 3. The van der Waals surface area contributed by atoms with E-state index in [9.17, 15) is 13.5 Å². The van der Waals surface area contributed by atoms with Crippen LogP contribution in [0.1, 0.15) is 56.7 Å². The molecule has 3 rings (SSSR count). The second kappa shape index (κ2) is 10.0. The van der Waals surface area contributed by atoms with Gasteiger partial charge in [0.15, 0.2) is 5.96 Å². The molecule has 1 saturated heterocycles. The maximum atomic E-state index is 12.8. The van der Waals surface area contributed by atoms with Crippen LogP contribution in [0.4, 0.5) is 0 Å². The highest BCUT2D eigenvalue weighted by atomic mass is 32.2. The molecule has 2 heterocycles. The molecule has 28 heavy (non-hydrogen) atoms. The molecule has 2 aliphatic rings. The summed E-state index contributed by atoms with van der Waals surface area (Å²) < 4.78 is 27.6. The van der Waals surface area contributed by atoms with E-state index in [4.69, 9.17) is 0 Å². The first-order valence-electron chi connectivity index (χ1n) is 10.3. The van der Waals surface area contributed by atoms with Crippen molar-refractivity contribution in [1.82, 2.24) is 14.9 Å². The Kier molecular flexibility index (Phi) is 7.73. The summed E-state index contributed by atoms with van der Waals surface area (Å²) in [6, 6.07) is 3.90. The van der Waals surface area contributed by atoms with Gasteiger partial charge in [-0.1, -0.05) is 6.42 Å². The lowest BCUT2D eigenvalue weighted by molar-refractivity contribution is 0.120. The van der Waals surface area contributed by atoms with E-state index < -0.39 is 10.0 Å². The molecule has 2 fully saturated rings. The normalized spacial score (nSPS) is 24.9. The molecule has 0 bridgehead atoms. The third-order valence-corrected chi connectivity index (χ3v) is 8.76. The number of aliphatic imine (C=N–C) groups is 1. The van der Waals surface area contributed by atoms with Crippen LogP contribution in [-0.2, 0) is 16.6 Å². The Hall–Kier alpha value is -1.16. The molecule has 0 atom stereocenters. The first-order valence-corrected chi connectivity index (χ1v) is 12.6. The molecule has 1 aromatic heterocycles. The SMILES string of the molecule is CCNC(=NCc1ccc(S(=O)(=O)N2CCCCC2)s1)NC1CCC(O)CC1. The van der Waals surface area contributed by atoms with E-state index in [1.807, 2.05) is 13.0 Å². The molecule has 1 saturated carbocycles. The Morgan fingerprint density at radius 3 is 2.61 bits per heavy atom. The zero-order valence-corrected chi connectivity index (χ0v) is 18.2. The quantitative estimate of drug-likeness (QED) is 0.477. The van der Waals surface area contributed by atoms with E-state index in [1.165, 1.54) is 11.3 Å². The largest absolute Gasteiger partial charge is 0.393 e. The summed E-state index contributed by atoms with van der Waals surface area (Å²) in [5, 5.41) is 16.4. The lowest BCUT2D eigenvalue weighted by Gasteiger charge is -2.27. The van der Waals surface area contributed by atoms with Crippen molar-refractivity contribution >= 4 is 27.3 Å². The third-order valence-electron chi connectivity index (χ3n) is 5.32.